The lowest BCUT2D eigenvalue weighted by atomic mass is 10.00. The van der Waals surface area contributed by atoms with Crippen LogP contribution in [0.5, 0.6) is 0 Å². The first-order valence-corrected chi connectivity index (χ1v) is 11.0. The number of rotatable bonds is 9. The number of carbonyl (C=O) groups is 3. The molecule has 6 nitrogen and oxygen atoms in total. The van der Waals surface area contributed by atoms with E-state index in [0.29, 0.717) is 5.56 Å². The van der Waals surface area contributed by atoms with Gasteiger partial charge in [0.15, 0.2) is 0 Å². The smallest absolute Gasteiger partial charge is 0.303 e. The molecule has 1 unspecified atom stereocenters. The third-order valence-electron chi connectivity index (χ3n) is 5.76. The van der Waals surface area contributed by atoms with Crippen molar-refractivity contribution >= 4 is 23.5 Å². The van der Waals surface area contributed by atoms with E-state index in [1.165, 1.54) is 23.1 Å². The molecule has 0 aliphatic heterocycles. The largest absolute Gasteiger partial charge is 0.481 e. The lowest BCUT2D eigenvalue weighted by molar-refractivity contribution is -0.137. The van der Waals surface area contributed by atoms with Crippen LogP contribution in [0.3, 0.4) is 0 Å². The van der Waals surface area contributed by atoms with Crippen molar-refractivity contribution in [3.63, 3.8) is 0 Å². The minimum atomic E-state index is -1.06. The average molecular weight is 441 g/mol. The van der Waals surface area contributed by atoms with Crippen LogP contribution in [0.1, 0.15) is 62.1 Å². The Hall–Kier alpha value is -3.22. The number of nitrogens with zero attached hydrogens (tertiary/aromatic N) is 1. The number of anilines is 1. The summed E-state index contributed by atoms with van der Waals surface area (Å²) < 4.78 is 14.8. The van der Waals surface area contributed by atoms with E-state index >= 15 is 0 Å². The first kappa shape index (κ1) is 23.4. The maximum atomic E-state index is 14.8. The topological polar surface area (TPSA) is 86.7 Å². The molecule has 32 heavy (non-hydrogen) atoms. The monoisotopic (exact) mass is 440 g/mol. The predicted molar refractivity (Wildman–Crippen MR) is 120 cm³/mol. The molecule has 2 aromatic rings. The van der Waals surface area contributed by atoms with Gasteiger partial charge in [-0.15, -0.1) is 0 Å². The molecule has 1 saturated carbocycles. The van der Waals surface area contributed by atoms with Crippen molar-refractivity contribution in [2.45, 2.75) is 64.0 Å². The highest BCUT2D eigenvalue weighted by Gasteiger charge is 2.35. The summed E-state index contributed by atoms with van der Waals surface area (Å²) in [6.45, 7) is 1.92. The number of benzene rings is 2. The normalized spacial score (nSPS) is 14.7. The number of nitrogens with one attached hydrogen (secondary N) is 1. The summed E-state index contributed by atoms with van der Waals surface area (Å²) in [5, 5.41) is 12.0. The molecule has 0 saturated heterocycles. The lowest BCUT2D eigenvalue weighted by Gasteiger charge is -2.32. The van der Waals surface area contributed by atoms with E-state index in [4.69, 9.17) is 5.11 Å². The predicted octanol–water partition coefficient (Wildman–Crippen LogP) is 4.52. The number of hydrogen-bond acceptors (Lipinski definition) is 3. The van der Waals surface area contributed by atoms with Crippen LogP contribution in [0.25, 0.3) is 0 Å². The molecule has 170 valence electrons. The van der Waals surface area contributed by atoms with Crippen molar-refractivity contribution in [1.82, 2.24) is 5.32 Å². The Morgan fingerprint density at radius 2 is 1.72 bits per heavy atom. The van der Waals surface area contributed by atoms with Crippen molar-refractivity contribution < 1.29 is 23.9 Å². The third-order valence-corrected chi connectivity index (χ3v) is 5.76. The number of para-hydroxylation sites is 1. The Morgan fingerprint density at radius 3 is 2.34 bits per heavy atom. The second kappa shape index (κ2) is 10.9. The molecule has 0 radical (unpaired) electrons. The van der Waals surface area contributed by atoms with Gasteiger partial charge in [0.25, 0.3) is 0 Å². The van der Waals surface area contributed by atoms with Crippen LogP contribution in [0.2, 0.25) is 0 Å². The van der Waals surface area contributed by atoms with Crippen LogP contribution < -0.4 is 10.2 Å². The summed E-state index contributed by atoms with van der Waals surface area (Å²) in [5.41, 5.74) is 1.56. The molecule has 0 aromatic heterocycles. The highest BCUT2D eigenvalue weighted by Crippen LogP contribution is 2.32. The highest BCUT2D eigenvalue weighted by atomic mass is 19.1. The van der Waals surface area contributed by atoms with Crippen molar-refractivity contribution in [2.24, 2.45) is 0 Å². The average Bonchev–Trinajstić information content (AvgIpc) is 3.26. The summed E-state index contributed by atoms with van der Waals surface area (Å²) in [6.07, 6.45) is 3.62. The van der Waals surface area contributed by atoms with Gasteiger partial charge < -0.3 is 10.4 Å². The van der Waals surface area contributed by atoms with E-state index in [9.17, 15) is 18.8 Å². The fourth-order valence-electron chi connectivity index (χ4n) is 4.09. The van der Waals surface area contributed by atoms with Gasteiger partial charge in [0.05, 0.1) is 5.69 Å². The number of halogens is 1. The Balaban J connectivity index is 2.01. The Kier molecular flexibility index (Phi) is 7.98. The van der Waals surface area contributed by atoms with Gasteiger partial charge >= 0.3 is 5.97 Å². The zero-order chi connectivity index (χ0) is 23.1. The van der Waals surface area contributed by atoms with E-state index in [1.54, 1.807) is 18.2 Å². The third kappa shape index (κ3) is 5.93. The molecule has 0 bridgehead atoms. The number of amides is 2. The van der Waals surface area contributed by atoms with E-state index in [0.717, 1.165) is 31.2 Å². The van der Waals surface area contributed by atoms with E-state index in [1.807, 2.05) is 19.1 Å². The molecule has 1 fully saturated rings. The lowest BCUT2D eigenvalue weighted by Crippen LogP contribution is -2.46. The fraction of sp³-hybridized carbons (Fsp3) is 0.400. The van der Waals surface area contributed by atoms with Gasteiger partial charge in [0, 0.05) is 18.9 Å². The minimum Gasteiger partial charge on any atom is -0.481 e. The van der Waals surface area contributed by atoms with Gasteiger partial charge in [0.1, 0.15) is 11.9 Å². The number of hydrogen-bond donors (Lipinski definition) is 2. The second-order valence-corrected chi connectivity index (χ2v) is 8.27. The second-order valence-electron chi connectivity index (χ2n) is 8.27. The first-order valence-electron chi connectivity index (χ1n) is 11.0. The fourth-order valence-corrected chi connectivity index (χ4v) is 4.09. The molecule has 7 heteroatoms. The highest BCUT2D eigenvalue weighted by molar-refractivity contribution is 6.01. The molecular weight excluding hydrogens is 411 g/mol. The van der Waals surface area contributed by atoms with E-state index < -0.39 is 23.7 Å². The number of carboxylic acids is 1. The number of aryl methyl sites for hydroxylation is 1. The van der Waals surface area contributed by atoms with Crippen LogP contribution in [-0.2, 0) is 14.4 Å². The molecule has 1 aliphatic rings. The van der Waals surface area contributed by atoms with Crippen LogP contribution in [0.15, 0.2) is 48.5 Å². The quantitative estimate of drug-likeness (QED) is 0.600. The van der Waals surface area contributed by atoms with E-state index in [2.05, 4.69) is 5.32 Å². The summed E-state index contributed by atoms with van der Waals surface area (Å²) in [7, 11) is 0. The van der Waals surface area contributed by atoms with Gasteiger partial charge in [-0.05, 0) is 43.9 Å². The zero-order valence-electron chi connectivity index (χ0n) is 18.2. The van der Waals surface area contributed by atoms with Crippen LogP contribution in [-0.4, -0.2) is 28.9 Å². The number of carboxylic acid groups (broad SMARTS) is 1. The molecule has 0 heterocycles. The molecular formula is C25H29FN2O4. The van der Waals surface area contributed by atoms with Crippen LogP contribution in [0, 0.1) is 12.7 Å². The first-order chi connectivity index (χ1) is 15.4. The van der Waals surface area contributed by atoms with Gasteiger partial charge in [-0.25, -0.2) is 4.39 Å². The SMILES string of the molecule is Cc1ccc(C(C(=O)NC2CCCC2)N(C(=O)CCCC(=O)O)c2ccccc2F)cc1. The molecule has 1 aliphatic carbocycles. The maximum Gasteiger partial charge on any atom is 0.303 e. The molecule has 3 rings (SSSR count). The van der Waals surface area contributed by atoms with Crippen molar-refractivity contribution in [1.29, 1.82) is 0 Å². The summed E-state index contributed by atoms with van der Waals surface area (Å²) in [4.78, 5) is 38.9. The summed E-state index contributed by atoms with van der Waals surface area (Å²) in [6, 6.07) is 12.0. The summed E-state index contributed by atoms with van der Waals surface area (Å²) >= 11 is 0. The molecule has 2 amide bonds. The molecule has 1 atom stereocenters. The van der Waals surface area contributed by atoms with Crippen LogP contribution in [0.4, 0.5) is 10.1 Å². The molecule has 0 spiro atoms. The van der Waals surface area contributed by atoms with Crippen LogP contribution >= 0.6 is 0 Å². The zero-order valence-corrected chi connectivity index (χ0v) is 18.2. The van der Waals surface area contributed by atoms with Gasteiger partial charge in [-0.3, -0.25) is 19.3 Å². The number of carbonyl (C=O) groups excluding carboxylic acids is 2. The van der Waals surface area contributed by atoms with Gasteiger partial charge in [0.2, 0.25) is 11.8 Å². The van der Waals surface area contributed by atoms with Gasteiger partial charge in [-0.1, -0.05) is 54.8 Å². The Bertz CT molecular complexity index is 955. The Morgan fingerprint density at radius 1 is 1.06 bits per heavy atom. The van der Waals surface area contributed by atoms with E-state index in [-0.39, 0.29) is 36.9 Å². The molecule has 2 aromatic carbocycles. The Labute approximate surface area is 187 Å². The van der Waals surface area contributed by atoms with Crippen molar-refractivity contribution in [2.75, 3.05) is 4.90 Å². The van der Waals surface area contributed by atoms with Crippen molar-refractivity contribution in [3.8, 4) is 0 Å². The minimum absolute atomic E-state index is 0.0000260. The van der Waals surface area contributed by atoms with Gasteiger partial charge in [-0.2, -0.15) is 0 Å². The van der Waals surface area contributed by atoms with Crippen molar-refractivity contribution in [3.05, 3.63) is 65.5 Å². The standard InChI is InChI=1S/C25H29FN2O4/c1-17-13-15-18(16-14-17)24(25(32)27-19-7-2-3-8-19)28(21-10-5-4-9-20(21)26)22(29)11-6-12-23(30)31/h4-5,9-10,13-16,19,24H,2-3,6-8,11-12H2,1H3,(H,27,32)(H,30,31). The maximum absolute atomic E-state index is 14.8. The summed E-state index contributed by atoms with van der Waals surface area (Å²) in [5.74, 6) is -2.49. The molecule has 2 N–H and O–H groups in total. The number of aliphatic carboxylic acids is 1.